The number of hydrogen-bond acceptors (Lipinski definition) is 2. The molecule has 1 aromatic rings. The van der Waals surface area contributed by atoms with E-state index in [0.717, 1.165) is 12.0 Å². The highest BCUT2D eigenvalue weighted by molar-refractivity contribution is 5.69. The summed E-state index contributed by atoms with van der Waals surface area (Å²) in [7, 11) is 0. The lowest BCUT2D eigenvalue weighted by molar-refractivity contribution is -0.105. The van der Waals surface area contributed by atoms with Gasteiger partial charge in [0.05, 0.1) is 5.69 Å². The van der Waals surface area contributed by atoms with Crippen LogP contribution in [0.5, 0.6) is 0 Å². The largest absolute Gasteiger partial charge is 0.330 e. The van der Waals surface area contributed by atoms with Crippen molar-refractivity contribution in [3.8, 4) is 0 Å². The average molecular weight is 162 g/mol. The van der Waals surface area contributed by atoms with Gasteiger partial charge >= 0.3 is 0 Å². The molecule has 0 aliphatic rings. The van der Waals surface area contributed by atoms with E-state index in [1.54, 1.807) is 6.07 Å². The number of anilines is 1. The van der Waals surface area contributed by atoms with Crippen molar-refractivity contribution in [1.29, 1.82) is 0 Å². The third-order valence-corrected chi connectivity index (χ3v) is 1.44. The van der Waals surface area contributed by atoms with E-state index in [1.165, 1.54) is 0 Å². The number of hydrogen-bond donors (Lipinski definition) is 2. The Morgan fingerprint density at radius 2 is 2.33 bits per heavy atom. The second kappa shape index (κ2) is 4.37. The number of nitrogens with one attached hydrogen (secondary N) is 1. The van der Waals surface area contributed by atoms with Crippen molar-refractivity contribution in [3.63, 3.8) is 0 Å². The van der Waals surface area contributed by atoms with Gasteiger partial charge in [0.15, 0.2) is 0 Å². The predicted octanol–water partition coefficient (Wildman–Crippen LogP) is 0.356. The van der Waals surface area contributed by atoms with Gasteiger partial charge in [0, 0.05) is 5.56 Å². The van der Waals surface area contributed by atoms with E-state index in [1.807, 2.05) is 6.07 Å². The molecule has 0 aromatic heterocycles. The molecule has 1 rings (SSSR count). The summed E-state index contributed by atoms with van der Waals surface area (Å²) in [6.07, 6.45) is 1.40. The molecule has 0 unspecified atom stereocenters. The minimum absolute atomic E-state index is 0.602. The van der Waals surface area contributed by atoms with Crippen molar-refractivity contribution in [1.82, 2.24) is 0 Å². The SMILES string of the molecule is NCCc1c#cc(NC=O)cc1. The molecule has 0 aliphatic carbocycles. The molecule has 0 saturated heterocycles. The standard InChI is InChI=1S/C9H10N2O/c10-6-5-8-1-3-9(4-2-8)11-7-12/h1,3,7H,5-6,10H2,(H,11,12). The van der Waals surface area contributed by atoms with Crippen molar-refractivity contribution >= 4 is 12.1 Å². The molecule has 3 N–H and O–H groups in total. The molecular formula is C9H10N2O. The average Bonchev–Trinajstić information content (AvgIpc) is 2.09. The Balaban J connectivity index is 2.64. The highest BCUT2D eigenvalue weighted by atomic mass is 16.1. The maximum atomic E-state index is 10.0. The van der Waals surface area contributed by atoms with E-state index < -0.39 is 0 Å². The zero-order valence-electron chi connectivity index (χ0n) is 6.63. The van der Waals surface area contributed by atoms with Crippen molar-refractivity contribution in [3.05, 3.63) is 29.8 Å². The van der Waals surface area contributed by atoms with Crippen LogP contribution in [0, 0.1) is 12.1 Å². The number of nitrogens with two attached hydrogens (primary N) is 1. The van der Waals surface area contributed by atoms with E-state index in [-0.39, 0.29) is 0 Å². The molecule has 1 aromatic carbocycles. The second-order valence-electron chi connectivity index (χ2n) is 2.32. The summed E-state index contributed by atoms with van der Waals surface area (Å²) in [5.41, 5.74) is 6.99. The molecule has 0 atom stereocenters. The Kier molecular flexibility index (Phi) is 3.12. The molecule has 0 fully saturated rings. The van der Waals surface area contributed by atoms with Crippen LogP contribution in [0.1, 0.15) is 5.56 Å². The van der Waals surface area contributed by atoms with Crippen molar-refractivity contribution < 1.29 is 4.79 Å². The van der Waals surface area contributed by atoms with Crippen molar-refractivity contribution in [2.75, 3.05) is 11.9 Å². The van der Waals surface area contributed by atoms with Crippen LogP contribution < -0.4 is 11.1 Å². The first-order chi connectivity index (χ1) is 5.86. The van der Waals surface area contributed by atoms with Gasteiger partial charge in [-0.15, -0.1) is 0 Å². The quantitative estimate of drug-likeness (QED) is 0.628. The lowest BCUT2D eigenvalue weighted by Gasteiger charge is -1.95. The van der Waals surface area contributed by atoms with Crippen LogP contribution in [-0.2, 0) is 11.2 Å². The lowest BCUT2D eigenvalue weighted by Crippen LogP contribution is -2.02. The number of amides is 1. The Labute approximate surface area is 71.6 Å². The molecule has 0 heterocycles. The highest BCUT2D eigenvalue weighted by Crippen LogP contribution is 2.02. The van der Waals surface area contributed by atoms with E-state index in [9.17, 15) is 4.79 Å². The minimum Gasteiger partial charge on any atom is -0.330 e. The fourth-order valence-corrected chi connectivity index (χ4v) is 0.864. The molecule has 12 heavy (non-hydrogen) atoms. The summed E-state index contributed by atoms with van der Waals surface area (Å²) < 4.78 is 0. The number of rotatable bonds is 4. The second-order valence-corrected chi connectivity index (χ2v) is 2.32. The van der Waals surface area contributed by atoms with Gasteiger partial charge in [-0.2, -0.15) is 0 Å². The molecule has 3 heteroatoms. The maximum absolute atomic E-state index is 10.0. The van der Waals surface area contributed by atoms with Gasteiger partial charge in [0.1, 0.15) is 0 Å². The first-order valence-electron chi connectivity index (χ1n) is 3.70. The summed E-state index contributed by atoms with van der Waals surface area (Å²) in [6, 6.07) is 9.34. The fraction of sp³-hybridized carbons (Fsp3) is 0.222. The van der Waals surface area contributed by atoms with Crippen molar-refractivity contribution in [2.24, 2.45) is 5.73 Å². The van der Waals surface area contributed by atoms with Crippen LogP contribution in [0.4, 0.5) is 5.69 Å². The molecule has 1 amide bonds. The molecule has 3 nitrogen and oxygen atoms in total. The summed E-state index contributed by atoms with van der Waals surface area (Å²) in [4.78, 5) is 10.0. The van der Waals surface area contributed by atoms with Crippen LogP contribution >= 0.6 is 0 Å². The van der Waals surface area contributed by atoms with E-state index >= 15 is 0 Å². The van der Waals surface area contributed by atoms with E-state index in [0.29, 0.717) is 18.6 Å². The number of carbonyl (C=O) groups is 1. The Morgan fingerprint density at radius 1 is 1.50 bits per heavy atom. The third kappa shape index (κ3) is 2.26. The van der Waals surface area contributed by atoms with Gasteiger partial charge in [-0.05, 0) is 31.2 Å². The Hall–Kier alpha value is -1.53. The topological polar surface area (TPSA) is 55.1 Å². The molecule has 0 bridgehead atoms. The van der Waals surface area contributed by atoms with Crippen LogP contribution in [0.3, 0.4) is 0 Å². The summed E-state index contributed by atoms with van der Waals surface area (Å²) >= 11 is 0. The predicted molar refractivity (Wildman–Crippen MR) is 46.6 cm³/mol. The van der Waals surface area contributed by atoms with Gasteiger partial charge in [-0.25, -0.2) is 0 Å². The summed E-state index contributed by atoms with van der Waals surface area (Å²) in [5, 5.41) is 2.48. The van der Waals surface area contributed by atoms with Gasteiger partial charge in [0.25, 0.3) is 0 Å². The third-order valence-electron chi connectivity index (χ3n) is 1.44. The van der Waals surface area contributed by atoms with Crippen LogP contribution in [-0.4, -0.2) is 13.0 Å². The van der Waals surface area contributed by atoms with Gasteiger partial charge in [-0.1, -0.05) is 6.07 Å². The first kappa shape index (κ1) is 8.57. The van der Waals surface area contributed by atoms with Gasteiger partial charge in [-0.3, -0.25) is 4.79 Å². The Morgan fingerprint density at radius 3 is 2.83 bits per heavy atom. The minimum atomic E-state index is 0.602. The number of carbonyl (C=O) groups excluding carboxylic acids is 1. The zero-order valence-corrected chi connectivity index (χ0v) is 6.63. The zero-order chi connectivity index (χ0) is 8.81. The summed E-state index contributed by atoms with van der Waals surface area (Å²) in [6.45, 7) is 0.602. The van der Waals surface area contributed by atoms with Crippen LogP contribution in [0.15, 0.2) is 12.1 Å². The smallest absolute Gasteiger partial charge is 0.211 e. The fourth-order valence-electron chi connectivity index (χ4n) is 0.864. The van der Waals surface area contributed by atoms with Gasteiger partial charge < -0.3 is 11.1 Å². The molecule has 62 valence electrons. The monoisotopic (exact) mass is 162 g/mol. The van der Waals surface area contributed by atoms with Crippen LogP contribution in [0.25, 0.3) is 0 Å². The summed E-state index contributed by atoms with van der Waals surface area (Å²) in [5.74, 6) is 0. The lowest BCUT2D eigenvalue weighted by atomic mass is 10.2. The van der Waals surface area contributed by atoms with Gasteiger partial charge in [0.2, 0.25) is 6.41 Å². The Bertz CT molecular complexity index is 243. The van der Waals surface area contributed by atoms with Crippen LogP contribution in [0.2, 0.25) is 0 Å². The maximum Gasteiger partial charge on any atom is 0.211 e. The normalized spacial score (nSPS) is 8.75. The molecule has 0 spiro atoms. The first-order valence-corrected chi connectivity index (χ1v) is 3.70. The van der Waals surface area contributed by atoms with E-state index in [2.05, 4.69) is 17.4 Å². The van der Waals surface area contributed by atoms with Crippen molar-refractivity contribution in [2.45, 2.75) is 6.42 Å². The molecule has 0 aliphatic heterocycles. The molecule has 0 radical (unpaired) electrons. The molecular weight excluding hydrogens is 152 g/mol. The molecule has 0 saturated carbocycles. The highest BCUT2D eigenvalue weighted by Gasteiger charge is 1.89. The van der Waals surface area contributed by atoms with E-state index in [4.69, 9.17) is 5.73 Å².